The lowest BCUT2D eigenvalue weighted by Crippen LogP contribution is -2.63. The number of piperidine rings is 1. The highest BCUT2D eigenvalue weighted by molar-refractivity contribution is 5.21. The van der Waals surface area contributed by atoms with Gasteiger partial charge in [-0.15, -0.1) is 5.16 Å². The zero-order chi connectivity index (χ0) is 12.0. The second-order valence-electron chi connectivity index (χ2n) is 3.22. The van der Waals surface area contributed by atoms with Crippen LogP contribution in [0.4, 0.5) is 0 Å². The van der Waals surface area contributed by atoms with Crippen LogP contribution < -0.4 is 16.7 Å². The molecule has 0 bridgehead atoms. The lowest BCUT2D eigenvalue weighted by atomic mass is 10.0. The summed E-state index contributed by atoms with van der Waals surface area (Å²) in [5.41, 5.74) is 2.58. The Hall–Kier alpha value is -0.770. The van der Waals surface area contributed by atoms with Gasteiger partial charge in [-0.3, -0.25) is 15.0 Å². The normalized spacial score (nSPS) is 34.7. The first-order chi connectivity index (χ1) is 7.78. The number of ether oxygens (including phenoxy) is 1. The van der Waals surface area contributed by atoms with Gasteiger partial charge in [-0.2, -0.15) is 0 Å². The van der Waals surface area contributed by atoms with E-state index in [4.69, 9.17) is 25.1 Å². The van der Waals surface area contributed by atoms with Crippen LogP contribution in [0, 0.1) is 0 Å². The molecule has 0 aliphatic carbocycles. The van der Waals surface area contributed by atoms with Crippen molar-refractivity contribution in [3.8, 4) is 0 Å². The summed E-state index contributed by atoms with van der Waals surface area (Å²) in [6.07, 6.45) is -1.69. The van der Waals surface area contributed by atoms with Crippen LogP contribution in [0.1, 0.15) is 0 Å². The van der Waals surface area contributed by atoms with Gasteiger partial charge in [-0.05, 0) is 0 Å². The summed E-state index contributed by atoms with van der Waals surface area (Å²) in [6.45, 7) is 3.73. The Morgan fingerprint density at radius 3 is 2.75 bits per heavy atom. The first kappa shape index (κ1) is 13.3. The zero-order valence-electron chi connectivity index (χ0n) is 9.38. The van der Waals surface area contributed by atoms with E-state index in [1.165, 1.54) is 0 Å². The molecule has 16 heavy (non-hydrogen) atoms. The lowest BCUT2D eigenvalue weighted by Gasteiger charge is -2.39. The van der Waals surface area contributed by atoms with E-state index < -0.39 is 18.3 Å². The Morgan fingerprint density at radius 1 is 1.50 bits per heavy atom. The third kappa shape index (κ3) is 2.88. The Morgan fingerprint density at radius 2 is 2.25 bits per heavy atom. The fraction of sp³-hybridized carbons (Fsp3) is 0.875. The molecule has 1 saturated heterocycles. The summed E-state index contributed by atoms with van der Waals surface area (Å²) >= 11 is 0. The van der Waals surface area contributed by atoms with Crippen molar-refractivity contribution in [1.82, 2.24) is 10.8 Å². The van der Waals surface area contributed by atoms with Gasteiger partial charge in [0.2, 0.25) is 0 Å². The van der Waals surface area contributed by atoms with Crippen LogP contribution in [-0.2, 0) is 19.2 Å². The summed E-state index contributed by atoms with van der Waals surface area (Å²) < 4.78 is 5.21. The van der Waals surface area contributed by atoms with Crippen LogP contribution in [0.25, 0.3) is 0 Å². The summed E-state index contributed by atoms with van der Waals surface area (Å²) in [5.74, 6) is 5.17. The molecule has 1 aliphatic heterocycles. The van der Waals surface area contributed by atoms with Gasteiger partial charge in [0.15, 0.2) is 12.2 Å². The number of nitrogens with two attached hydrogens (primary N) is 1. The average Bonchev–Trinajstić information content (AvgIpc) is 2.31. The molecule has 4 atom stereocenters. The SMILES string of the molecule is C=NO[C@@H]1[C@@H](ONC)[C@H](OC)NC[C@H]1ON. The minimum absolute atomic E-state index is 0.342. The Balaban J connectivity index is 2.74. The van der Waals surface area contributed by atoms with E-state index in [2.05, 4.69) is 22.7 Å². The van der Waals surface area contributed by atoms with Crippen LogP contribution in [0.5, 0.6) is 0 Å². The number of nitrogens with zero attached hydrogens (tertiary/aromatic N) is 1. The van der Waals surface area contributed by atoms with Gasteiger partial charge in [0.1, 0.15) is 12.3 Å². The molecule has 0 saturated carbocycles. The third-order valence-corrected chi connectivity index (χ3v) is 2.39. The molecular formula is C8H18N4O4. The maximum absolute atomic E-state index is 5.30. The number of hydrogen-bond acceptors (Lipinski definition) is 8. The summed E-state index contributed by atoms with van der Waals surface area (Å²) in [4.78, 5) is 15.2. The molecular weight excluding hydrogens is 216 g/mol. The standard InChI is InChI=1S/C8H18N4O4/c1-10-15-6-5(14-9)4-12-8(13-3)7(6)16-11-2/h5-8,11-12H,1,4,9H2,2-3H3/t5-,6+,7-,8+/m1/s1. The van der Waals surface area contributed by atoms with Crippen molar-refractivity contribution in [2.24, 2.45) is 11.1 Å². The first-order valence-corrected chi connectivity index (χ1v) is 4.84. The molecule has 1 heterocycles. The van der Waals surface area contributed by atoms with Crippen molar-refractivity contribution in [3.05, 3.63) is 0 Å². The molecule has 0 aromatic heterocycles. The predicted molar refractivity (Wildman–Crippen MR) is 56.2 cm³/mol. The van der Waals surface area contributed by atoms with E-state index in [1.807, 2.05) is 0 Å². The molecule has 94 valence electrons. The fourth-order valence-electron chi connectivity index (χ4n) is 1.67. The second-order valence-corrected chi connectivity index (χ2v) is 3.22. The Kier molecular flexibility index (Phi) is 5.60. The van der Waals surface area contributed by atoms with E-state index in [9.17, 15) is 0 Å². The Bertz CT molecular complexity index is 218. The molecule has 0 spiro atoms. The molecule has 0 aromatic rings. The van der Waals surface area contributed by atoms with Crippen LogP contribution in [0.3, 0.4) is 0 Å². The Labute approximate surface area is 93.9 Å². The highest BCUT2D eigenvalue weighted by Crippen LogP contribution is 2.19. The van der Waals surface area contributed by atoms with Gasteiger partial charge in [0, 0.05) is 27.4 Å². The third-order valence-electron chi connectivity index (χ3n) is 2.39. The van der Waals surface area contributed by atoms with Crippen LogP contribution in [0.15, 0.2) is 5.16 Å². The number of methoxy groups -OCH3 is 1. The van der Waals surface area contributed by atoms with Gasteiger partial charge in [-0.25, -0.2) is 11.4 Å². The molecule has 0 amide bonds. The maximum atomic E-state index is 5.30. The molecule has 8 heteroatoms. The van der Waals surface area contributed by atoms with Gasteiger partial charge < -0.3 is 9.57 Å². The molecule has 0 radical (unpaired) electrons. The first-order valence-electron chi connectivity index (χ1n) is 4.84. The molecule has 1 aliphatic rings. The van der Waals surface area contributed by atoms with Crippen molar-refractivity contribution in [2.75, 3.05) is 20.7 Å². The largest absolute Gasteiger partial charge is 0.387 e. The number of oxime groups is 1. The smallest absolute Gasteiger partial charge is 0.188 e. The predicted octanol–water partition coefficient (Wildman–Crippen LogP) is -1.66. The molecule has 0 unspecified atom stereocenters. The minimum Gasteiger partial charge on any atom is -0.387 e. The molecule has 1 rings (SSSR count). The quantitative estimate of drug-likeness (QED) is 0.373. The minimum atomic E-state index is -0.499. The number of rotatable bonds is 6. The number of hydroxylamine groups is 1. The van der Waals surface area contributed by atoms with Crippen LogP contribution >= 0.6 is 0 Å². The van der Waals surface area contributed by atoms with E-state index in [1.54, 1.807) is 14.2 Å². The summed E-state index contributed by atoms with van der Waals surface area (Å²) in [6, 6.07) is 0. The van der Waals surface area contributed by atoms with Gasteiger partial charge >= 0.3 is 0 Å². The molecule has 4 N–H and O–H groups in total. The monoisotopic (exact) mass is 234 g/mol. The van der Waals surface area contributed by atoms with Crippen LogP contribution in [0.2, 0.25) is 0 Å². The maximum Gasteiger partial charge on any atom is 0.188 e. The van der Waals surface area contributed by atoms with E-state index in [0.717, 1.165) is 0 Å². The van der Waals surface area contributed by atoms with E-state index in [-0.39, 0.29) is 6.23 Å². The van der Waals surface area contributed by atoms with Crippen molar-refractivity contribution >= 4 is 6.72 Å². The van der Waals surface area contributed by atoms with E-state index >= 15 is 0 Å². The molecule has 8 nitrogen and oxygen atoms in total. The van der Waals surface area contributed by atoms with Crippen molar-refractivity contribution in [1.29, 1.82) is 0 Å². The highest BCUT2D eigenvalue weighted by Gasteiger charge is 2.43. The van der Waals surface area contributed by atoms with Crippen LogP contribution in [-0.4, -0.2) is 52.0 Å². The van der Waals surface area contributed by atoms with Gasteiger partial charge in [-0.1, -0.05) is 0 Å². The van der Waals surface area contributed by atoms with Gasteiger partial charge in [0.05, 0.1) is 0 Å². The molecule has 1 fully saturated rings. The summed E-state index contributed by atoms with van der Waals surface area (Å²) in [7, 11) is 3.20. The van der Waals surface area contributed by atoms with Crippen molar-refractivity contribution in [3.63, 3.8) is 0 Å². The average molecular weight is 234 g/mol. The number of nitrogens with one attached hydrogen (secondary N) is 2. The molecule has 0 aromatic carbocycles. The lowest BCUT2D eigenvalue weighted by molar-refractivity contribution is -0.217. The van der Waals surface area contributed by atoms with Crippen molar-refractivity contribution in [2.45, 2.75) is 24.5 Å². The number of hydrogen-bond donors (Lipinski definition) is 3. The summed E-state index contributed by atoms with van der Waals surface area (Å²) in [5, 5.41) is 6.44. The van der Waals surface area contributed by atoms with Crippen molar-refractivity contribution < 1.29 is 19.2 Å². The van der Waals surface area contributed by atoms with E-state index in [0.29, 0.717) is 6.54 Å². The van der Waals surface area contributed by atoms with Gasteiger partial charge in [0.25, 0.3) is 0 Å². The topological polar surface area (TPSA) is 99.4 Å². The fourth-order valence-corrected chi connectivity index (χ4v) is 1.67. The zero-order valence-corrected chi connectivity index (χ0v) is 9.38. The second kappa shape index (κ2) is 6.74. The highest BCUT2D eigenvalue weighted by atomic mass is 16.7.